The van der Waals surface area contributed by atoms with E-state index in [4.69, 9.17) is 0 Å². The van der Waals surface area contributed by atoms with Crippen LogP contribution in [0.25, 0.3) is 0 Å². The van der Waals surface area contributed by atoms with Crippen LogP contribution in [0, 0.1) is 0 Å². The van der Waals surface area contributed by atoms with Gasteiger partial charge in [0.15, 0.2) is 0 Å². The van der Waals surface area contributed by atoms with Crippen LogP contribution in [0.3, 0.4) is 0 Å². The number of hydrogen-bond acceptors (Lipinski definition) is 3. The maximum Gasteiger partial charge on any atom is 0.322 e. The molecule has 1 aliphatic rings. The van der Waals surface area contributed by atoms with Crippen LogP contribution in [0.1, 0.15) is 19.8 Å². The molecule has 4 amide bonds. The second-order valence-corrected chi connectivity index (χ2v) is 3.07. The molecule has 1 aliphatic heterocycles. The number of carbonyl (C=O) groups is 3. The molecule has 1 atom stereocenters. The highest BCUT2D eigenvalue weighted by Gasteiger charge is 2.30. The molecule has 0 spiro atoms. The molecule has 0 aromatic rings. The van der Waals surface area contributed by atoms with E-state index in [1.807, 2.05) is 6.92 Å². The average Bonchev–Trinajstić information content (AvgIpc) is 2.42. The smallest absolute Gasteiger partial charge is 0.322 e. The maximum atomic E-state index is 11.2. The molecule has 0 aliphatic carbocycles. The lowest BCUT2D eigenvalue weighted by atomic mass is 10.2. The zero-order valence-electron chi connectivity index (χ0n) is 7.92. The molecule has 0 saturated carbocycles. The molecule has 0 aromatic carbocycles. The van der Waals surface area contributed by atoms with E-state index in [-0.39, 0.29) is 12.3 Å². The zero-order valence-corrected chi connectivity index (χ0v) is 7.92. The fourth-order valence-corrected chi connectivity index (χ4v) is 1.12. The molecule has 0 bridgehead atoms. The molecular weight excluding hydrogens is 186 g/mol. The van der Waals surface area contributed by atoms with Gasteiger partial charge in [0.25, 0.3) is 5.91 Å². The fraction of sp³-hybridized carbons (Fsp3) is 0.625. The lowest BCUT2D eigenvalue weighted by Gasteiger charge is -2.06. The van der Waals surface area contributed by atoms with Crippen LogP contribution in [0.4, 0.5) is 4.79 Å². The van der Waals surface area contributed by atoms with Gasteiger partial charge in [-0.1, -0.05) is 6.92 Å². The zero-order chi connectivity index (χ0) is 10.6. The standard InChI is InChI=1S/C8H13N3O3/c1-2-3-9-6(12)4-5-7(13)11-8(14)10-5/h5H,2-4H2,1H3,(H,9,12)(H2,10,11,13,14). The first-order valence-corrected chi connectivity index (χ1v) is 4.51. The van der Waals surface area contributed by atoms with E-state index in [1.54, 1.807) is 0 Å². The van der Waals surface area contributed by atoms with Crippen LogP contribution in [0.15, 0.2) is 0 Å². The van der Waals surface area contributed by atoms with Crippen molar-refractivity contribution in [3.05, 3.63) is 0 Å². The number of carbonyl (C=O) groups excluding carboxylic acids is 3. The summed E-state index contributed by atoms with van der Waals surface area (Å²) in [5.74, 6) is -0.671. The summed E-state index contributed by atoms with van der Waals surface area (Å²) in [4.78, 5) is 32.9. The van der Waals surface area contributed by atoms with Gasteiger partial charge >= 0.3 is 6.03 Å². The SMILES string of the molecule is CCCNC(=O)CC1NC(=O)NC1=O. The number of urea groups is 1. The normalized spacial score (nSPS) is 20.2. The van der Waals surface area contributed by atoms with Crippen LogP contribution in [0.5, 0.6) is 0 Å². The van der Waals surface area contributed by atoms with Gasteiger partial charge in [-0.05, 0) is 6.42 Å². The van der Waals surface area contributed by atoms with Gasteiger partial charge < -0.3 is 10.6 Å². The molecule has 14 heavy (non-hydrogen) atoms. The number of rotatable bonds is 4. The van der Waals surface area contributed by atoms with Crippen molar-refractivity contribution >= 4 is 17.8 Å². The van der Waals surface area contributed by atoms with Gasteiger partial charge in [-0.15, -0.1) is 0 Å². The van der Waals surface area contributed by atoms with Gasteiger partial charge in [0, 0.05) is 6.54 Å². The van der Waals surface area contributed by atoms with Crippen molar-refractivity contribution in [1.29, 1.82) is 0 Å². The summed E-state index contributed by atoms with van der Waals surface area (Å²) in [5, 5.41) is 7.03. The Kier molecular flexibility index (Phi) is 3.44. The molecule has 78 valence electrons. The number of nitrogens with one attached hydrogen (secondary N) is 3. The van der Waals surface area contributed by atoms with Crippen molar-refractivity contribution in [3.8, 4) is 0 Å². The Bertz CT molecular complexity index is 265. The van der Waals surface area contributed by atoms with Crippen LogP contribution in [0.2, 0.25) is 0 Å². The Morgan fingerprint density at radius 1 is 1.50 bits per heavy atom. The van der Waals surface area contributed by atoms with Crippen molar-refractivity contribution in [3.63, 3.8) is 0 Å². The molecule has 3 N–H and O–H groups in total. The predicted octanol–water partition coefficient (Wildman–Crippen LogP) is -0.889. The minimum absolute atomic E-state index is 0.00241. The summed E-state index contributed by atoms with van der Waals surface area (Å²) >= 11 is 0. The molecule has 1 saturated heterocycles. The third-order valence-corrected chi connectivity index (χ3v) is 1.82. The Morgan fingerprint density at radius 2 is 2.21 bits per heavy atom. The summed E-state index contributed by atoms with van der Waals surface area (Å²) in [5.41, 5.74) is 0. The predicted molar refractivity (Wildman–Crippen MR) is 48.4 cm³/mol. The molecule has 0 aromatic heterocycles. The Hall–Kier alpha value is -1.59. The number of amides is 4. The molecule has 6 heteroatoms. The van der Waals surface area contributed by atoms with Crippen molar-refractivity contribution in [2.24, 2.45) is 0 Å². The Morgan fingerprint density at radius 3 is 2.71 bits per heavy atom. The lowest BCUT2D eigenvalue weighted by molar-refractivity contribution is -0.126. The molecule has 0 radical (unpaired) electrons. The molecular formula is C8H13N3O3. The third kappa shape index (κ3) is 2.72. The van der Waals surface area contributed by atoms with E-state index in [2.05, 4.69) is 16.0 Å². The van der Waals surface area contributed by atoms with Gasteiger partial charge in [0.1, 0.15) is 6.04 Å². The van der Waals surface area contributed by atoms with E-state index < -0.39 is 18.0 Å². The quantitative estimate of drug-likeness (QED) is 0.513. The van der Waals surface area contributed by atoms with Crippen LogP contribution in [-0.2, 0) is 9.59 Å². The fourth-order valence-electron chi connectivity index (χ4n) is 1.12. The first-order chi connectivity index (χ1) is 6.63. The first-order valence-electron chi connectivity index (χ1n) is 4.51. The number of hydrogen-bond donors (Lipinski definition) is 3. The Labute approximate surface area is 81.4 Å². The summed E-state index contributed by atoms with van der Waals surface area (Å²) in [6, 6.07) is -1.26. The minimum Gasteiger partial charge on any atom is -0.356 e. The first kappa shape index (κ1) is 10.5. The monoisotopic (exact) mass is 199 g/mol. The van der Waals surface area contributed by atoms with Gasteiger partial charge in [-0.25, -0.2) is 4.79 Å². The molecule has 6 nitrogen and oxygen atoms in total. The molecule has 1 fully saturated rings. The van der Waals surface area contributed by atoms with E-state index in [0.717, 1.165) is 6.42 Å². The van der Waals surface area contributed by atoms with E-state index >= 15 is 0 Å². The lowest BCUT2D eigenvalue weighted by Crippen LogP contribution is -2.36. The minimum atomic E-state index is -0.723. The van der Waals surface area contributed by atoms with Crippen molar-refractivity contribution in [2.45, 2.75) is 25.8 Å². The maximum absolute atomic E-state index is 11.2. The summed E-state index contributed by atoms with van der Waals surface area (Å²) < 4.78 is 0. The van der Waals surface area contributed by atoms with Crippen LogP contribution in [-0.4, -0.2) is 30.4 Å². The second kappa shape index (κ2) is 4.59. The van der Waals surface area contributed by atoms with Crippen LogP contribution >= 0.6 is 0 Å². The largest absolute Gasteiger partial charge is 0.356 e. The molecule has 1 heterocycles. The van der Waals surface area contributed by atoms with Crippen LogP contribution < -0.4 is 16.0 Å². The van der Waals surface area contributed by atoms with Crippen molar-refractivity contribution in [1.82, 2.24) is 16.0 Å². The molecule has 1 unspecified atom stereocenters. The second-order valence-electron chi connectivity index (χ2n) is 3.07. The van der Waals surface area contributed by atoms with Gasteiger partial charge in [0.2, 0.25) is 5.91 Å². The number of imide groups is 1. The highest BCUT2D eigenvalue weighted by atomic mass is 16.2. The van der Waals surface area contributed by atoms with Crippen molar-refractivity contribution in [2.75, 3.05) is 6.54 Å². The average molecular weight is 199 g/mol. The summed E-state index contributed by atoms with van der Waals surface area (Å²) in [7, 11) is 0. The molecule has 1 rings (SSSR count). The van der Waals surface area contributed by atoms with Gasteiger partial charge in [-0.3, -0.25) is 14.9 Å². The van der Waals surface area contributed by atoms with E-state index in [1.165, 1.54) is 0 Å². The third-order valence-electron chi connectivity index (χ3n) is 1.82. The Balaban J connectivity index is 2.33. The topological polar surface area (TPSA) is 87.3 Å². The summed E-state index contributed by atoms with van der Waals surface area (Å²) in [6.07, 6.45) is 0.840. The van der Waals surface area contributed by atoms with E-state index in [9.17, 15) is 14.4 Å². The van der Waals surface area contributed by atoms with Crippen molar-refractivity contribution < 1.29 is 14.4 Å². The van der Waals surface area contributed by atoms with E-state index in [0.29, 0.717) is 6.54 Å². The van der Waals surface area contributed by atoms with Gasteiger partial charge in [-0.2, -0.15) is 0 Å². The van der Waals surface area contributed by atoms with Gasteiger partial charge in [0.05, 0.1) is 6.42 Å². The highest BCUT2D eigenvalue weighted by Crippen LogP contribution is 1.98. The highest BCUT2D eigenvalue weighted by molar-refractivity contribution is 6.05. The summed E-state index contributed by atoms with van der Waals surface area (Å²) in [6.45, 7) is 2.52.